The molecule has 0 aliphatic carbocycles. The predicted molar refractivity (Wildman–Crippen MR) is 144 cm³/mol. The summed E-state index contributed by atoms with van der Waals surface area (Å²) in [6, 6.07) is 15.7. The zero-order valence-corrected chi connectivity index (χ0v) is 23.1. The first-order valence-corrected chi connectivity index (χ1v) is 12.5. The minimum Gasteiger partial charge on any atom is -0.490 e. The van der Waals surface area contributed by atoms with Gasteiger partial charge in [0.25, 0.3) is 0 Å². The van der Waals surface area contributed by atoms with E-state index in [-0.39, 0.29) is 30.4 Å². The molecule has 0 aliphatic rings. The topological polar surface area (TPSA) is 118 Å². The average molecular weight is 538 g/mol. The van der Waals surface area contributed by atoms with Crippen molar-refractivity contribution in [3.8, 4) is 17.5 Å². The van der Waals surface area contributed by atoms with Crippen LogP contribution in [-0.2, 0) is 22.5 Å². The molecule has 1 N–H and O–H groups in total. The second-order valence-electron chi connectivity index (χ2n) is 9.74. The van der Waals surface area contributed by atoms with Gasteiger partial charge in [-0.1, -0.05) is 36.4 Å². The number of hydrogen-bond acceptors (Lipinski definition) is 9. The van der Waals surface area contributed by atoms with Gasteiger partial charge in [-0.05, 0) is 39.3 Å². The number of carbonyl (C=O) groups excluding carboxylic acids is 2. The third-order valence-electron chi connectivity index (χ3n) is 5.30. The minimum absolute atomic E-state index is 0.0102. The molecule has 1 amide bonds. The van der Waals surface area contributed by atoms with E-state index in [0.717, 1.165) is 5.56 Å². The molecular weight excluding hydrogens is 502 g/mol. The van der Waals surface area contributed by atoms with Gasteiger partial charge in [0.15, 0.2) is 5.56 Å². The highest BCUT2D eigenvalue weighted by Gasteiger charge is 2.25. The number of esters is 1. The lowest BCUT2D eigenvalue weighted by Gasteiger charge is -2.24. The van der Waals surface area contributed by atoms with Crippen LogP contribution in [0.2, 0.25) is 0 Å². The van der Waals surface area contributed by atoms with Crippen molar-refractivity contribution in [2.45, 2.75) is 52.4 Å². The van der Waals surface area contributed by atoms with Crippen molar-refractivity contribution in [2.24, 2.45) is 0 Å². The quantitative estimate of drug-likeness (QED) is 0.348. The number of benzene rings is 1. The number of carbonyl (C=O) groups is 2. The summed E-state index contributed by atoms with van der Waals surface area (Å²) in [5.41, 5.74) is 1.45. The number of ether oxygens (including phenoxy) is 5. The molecule has 2 aromatic heterocycles. The molecule has 2 heterocycles. The van der Waals surface area contributed by atoms with Crippen molar-refractivity contribution in [3.63, 3.8) is 0 Å². The maximum atomic E-state index is 13.1. The van der Waals surface area contributed by atoms with Crippen LogP contribution in [0.1, 0.15) is 48.1 Å². The normalized spacial score (nSPS) is 11.7. The summed E-state index contributed by atoms with van der Waals surface area (Å²) in [4.78, 5) is 34.5. The van der Waals surface area contributed by atoms with Crippen molar-refractivity contribution in [1.29, 1.82) is 0 Å². The second-order valence-corrected chi connectivity index (χ2v) is 9.74. The van der Waals surface area contributed by atoms with Crippen LogP contribution >= 0.6 is 0 Å². The summed E-state index contributed by atoms with van der Waals surface area (Å²) in [5, 5.41) is 2.84. The molecular formula is C29H35N3O7. The smallest absolute Gasteiger partial charge is 0.408 e. The largest absolute Gasteiger partial charge is 0.490 e. The molecule has 0 saturated heterocycles. The first kappa shape index (κ1) is 29.2. The number of aromatic nitrogens is 2. The highest BCUT2D eigenvalue weighted by Crippen LogP contribution is 2.29. The van der Waals surface area contributed by atoms with E-state index in [1.165, 1.54) is 14.2 Å². The molecule has 10 nitrogen and oxygen atoms in total. The van der Waals surface area contributed by atoms with Crippen LogP contribution in [0.3, 0.4) is 0 Å². The number of hydrogen-bond donors (Lipinski definition) is 1. The summed E-state index contributed by atoms with van der Waals surface area (Å²) < 4.78 is 27.7. The fourth-order valence-electron chi connectivity index (χ4n) is 3.61. The summed E-state index contributed by atoms with van der Waals surface area (Å²) >= 11 is 0. The summed E-state index contributed by atoms with van der Waals surface area (Å²) in [6.07, 6.45) is -0.296. The van der Waals surface area contributed by atoms with Gasteiger partial charge in [0.2, 0.25) is 11.8 Å². The molecule has 0 aliphatic heterocycles. The van der Waals surface area contributed by atoms with E-state index >= 15 is 0 Å². The molecule has 1 atom stereocenters. The lowest BCUT2D eigenvalue weighted by molar-refractivity contribution is 0.0448. The average Bonchev–Trinajstić information content (AvgIpc) is 2.89. The molecule has 0 spiro atoms. The maximum absolute atomic E-state index is 13.1. The Morgan fingerprint density at radius 2 is 1.72 bits per heavy atom. The fourth-order valence-corrected chi connectivity index (χ4v) is 3.61. The maximum Gasteiger partial charge on any atom is 0.408 e. The molecule has 0 fully saturated rings. The van der Waals surface area contributed by atoms with Crippen molar-refractivity contribution in [3.05, 3.63) is 77.1 Å². The van der Waals surface area contributed by atoms with Crippen LogP contribution in [0, 0.1) is 6.92 Å². The van der Waals surface area contributed by atoms with Crippen LogP contribution in [0.25, 0.3) is 0 Å². The standard InChI is InChI=1S/C29H35N3O7/c1-19-15-23(25(26(30-19)36-6)27(33)38-17-20-11-8-7-9-12-20)37-18-22(32-28(34)39-29(2,3)4)16-21-13-10-14-24(31-21)35-5/h7-15,22H,16-18H2,1-6H3,(H,32,34)/t22-/m1/s1. The van der Waals surface area contributed by atoms with E-state index in [1.807, 2.05) is 42.5 Å². The molecule has 0 radical (unpaired) electrons. The van der Waals surface area contributed by atoms with Gasteiger partial charge in [-0.15, -0.1) is 0 Å². The first-order chi connectivity index (χ1) is 18.6. The van der Waals surface area contributed by atoms with Crippen LogP contribution in [0.4, 0.5) is 4.79 Å². The van der Waals surface area contributed by atoms with Crippen LogP contribution in [0.5, 0.6) is 17.5 Å². The predicted octanol–water partition coefficient (Wildman–Crippen LogP) is 4.67. The van der Waals surface area contributed by atoms with Crippen molar-refractivity contribution in [1.82, 2.24) is 15.3 Å². The van der Waals surface area contributed by atoms with Gasteiger partial charge in [0, 0.05) is 29.9 Å². The minimum atomic E-state index is -0.686. The van der Waals surface area contributed by atoms with Gasteiger partial charge in [-0.2, -0.15) is 0 Å². The number of nitrogens with zero attached hydrogens (tertiary/aromatic N) is 2. The first-order valence-electron chi connectivity index (χ1n) is 12.5. The molecule has 3 rings (SSSR count). The third-order valence-corrected chi connectivity index (χ3v) is 5.30. The molecule has 0 unspecified atom stereocenters. The highest BCUT2D eigenvalue weighted by atomic mass is 16.6. The molecule has 39 heavy (non-hydrogen) atoms. The van der Waals surface area contributed by atoms with Crippen molar-refractivity contribution in [2.75, 3.05) is 20.8 Å². The molecule has 10 heteroatoms. The summed E-state index contributed by atoms with van der Waals surface area (Å²) in [7, 11) is 2.95. The van der Waals surface area contributed by atoms with Crippen LogP contribution in [0.15, 0.2) is 54.6 Å². The van der Waals surface area contributed by atoms with E-state index in [2.05, 4.69) is 15.3 Å². The van der Waals surface area contributed by atoms with Crippen molar-refractivity contribution >= 4 is 12.1 Å². The van der Waals surface area contributed by atoms with Gasteiger partial charge in [-0.25, -0.2) is 19.6 Å². The number of amides is 1. The molecule has 0 bridgehead atoms. The second kappa shape index (κ2) is 13.5. The number of rotatable bonds is 11. The van der Waals surface area contributed by atoms with E-state index in [0.29, 0.717) is 23.7 Å². The Morgan fingerprint density at radius 1 is 0.974 bits per heavy atom. The Morgan fingerprint density at radius 3 is 2.38 bits per heavy atom. The Labute approximate surface area is 228 Å². The number of methoxy groups -OCH3 is 2. The van der Waals surface area contributed by atoms with Gasteiger partial charge in [0.1, 0.15) is 24.6 Å². The van der Waals surface area contributed by atoms with Gasteiger partial charge >= 0.3 is 12.1 Å². The van der Waals surface area contributed by atoms with E-state index in [4.69, 9.17) is 23.7 Å². The lowest BCUT2D eigenvalue weighted by atomic mass is 10.1. The Hall–Kier alpha value is -4.34. The number of pyridine rings is 2. The number of nitrogens with one attached hydrogen (secondary N) is 1. The number of alkyl carbamates (subject to hydrolysis) is 1. The van der Waals surface area contributed by atoms with Crippen molar-refractivity contribution < 1.29 is 33.3 Å². The van der Waals surface area contributed by atoms with Crippen LogP contribution in [-0.4, -0.2) is 54.5 Å². The van der Waals surface area contributed by atoms with E-state index in [9.17, 15) is 9.59 Å². The monoisotopic (exact) mass is 537 g/mol. The van der Waals surface area contributed by atoms with Crippen LogP contribution < -0.4 is 19.5 Å². The summed E-state index contributed by atoms with van der Waals surface area (Å²) in [5.74, 6) is 0.0906. The SMILES string of the molecule is COc1cccc(C[C@H](COc2cc(C)nc(OC)c2C(=O)OCc2ccccc2)NC(=O)OC(C)(C)C)n1. The molecule has 208 valence electrons. The molecule has 3 aromatic rings. The van der Waals surface area contributed by atoms with E-state index < -0.39 is 23.7 Å². The Bertz CT molecular complexity index is 1260. The molecule has 1 aromatic carbocycles. The zero-order valence-electron chi connectivity index (χ0n) is 23.1. The van der Waals surface area contributed by atoms with Gasteiger partial charge < -0.3 is 29.0 Å². The number of aryl methyl sites for hydroxylation is 1. The molecule has 0 saturated carbocycles. The highest BCUT2D eigenvalue weighted by molar-refractivity contribution is 5.95. The van der Waals surface area contributed by atoms with E-state index in [1.54, 1.807) is 39.8 Å². The third kappa shape index (κ3) is 9.17. The lowest BCUT2D eigenvalue weighted by Crippen LogP contribution is -2.43. The summed E-state index contributed by atoms with van der Waals surface area (Å²) in [6.45, 7) is 7.15. The van der Waals surface area contributed by atoms with Gasteiger partial charge in [0.05, 0.1) is 20.3 Å². The fraction of sp³-hybridized carbons (Fsp3) is 0.379. The Kier molecular flexibility index (Phi) is 10.1. The van der Waals surface area contributed by atoms with Gasteiger partial charge in [-0.3, -0.25) is 0 Å². The Balaban J connectivity index is 1.83. The zero-order chi connectivity index (χ0) is 28.4.